The molecule has 1 aliphatic rings. The number of hydrogen-bond acceptors (Lipinski definition) is 1. The van der Waals surface area contributed by atoms with Gasteiger partial charge in [0.2, 0.25) is 0 Å². The smallest absolute Gasteiger partial charge is 0.449 e. The fourth-order valence-corrected chi connectivity index (χ4v) is 1.38. The molecule has 0 bridgehead atoms. The van der Waals surface area contributed by atoms with Crippen LogP contribution in [0, 0.1) is 0 Å². The summed E-state index contributed by atoms with van der Waals surface area (Å²) in [6, 6.07) is 0. The van der Waals surface area contributed by atoms with E-state index in [0.717, 1.165) is 0 Å². The first-order valence-electron chi connectivity index (χ1n) is 3.72. The Morgan fingerprint density at radius 1 is 1.36 bits per heavy atom. The number of carbonyl (C=O) groups excluding carboxylic acids is 1. The predicted molar refractivity (Wildman–Crippen MR) is 36.3 cm³/mol. The van der Waals surface area contributed by atoms with Crippen LogP contribution in [0.5, 0.6) is 0 Å². The first-order chi connectivity index (χ1) is 5.00. The van der Waals surface area contributed by atoms with Crippen LogP contribution < -0.4 is 0 Å². The molecule has 0 aromatic heterocycles. The highest BCUT2D eigenvalue weighted by Crippen LogP contribution is 2.37. The van der Waals surface area contributed by atoms with Crippen LogP contribution >= 0.6 is 0 Å². The molecule has 0 aliphatic heterocycles. The third-order valence-electron chi connectivity index (χ3n) is 2.05. The second kappa shape index (κ2) is 2.87. The molecule has 1 atom stereocenters. The van der Waals surface area contributed by atoms with Crippen molar-refractivity contribution in [3.05, 3.63) is 0 Å². The lowest BCUT2D eigenvalue weighted by molar-refractivity contribution is -0.120. The van der Waals surface area contributed by atoms with Crippen molar-refractivity contribution < 1.29 is 17.7 Å². The molecule has 11 heavy (non-hydrogen) atoms. The minimum Gasteiger partial charge on any atom is -0.449 e. The molecule has 64 valence electrons. The Kier molecular flexibility index (Phi) is 2.25. The van der Waals surface area contributed by atoms with Crippen LogP contribution in [-0.2, 0) is 4.79 Å². The first kappa shape index (κ1) is 8.62. The number of ketones is 1. The van der Waals surface area contributed by atoms with Crippen molar-refractivity contribution in [3.63, 3.8) is 0 Å². The molecule has 0 aromatic rings. The topological polar surface area (TPSA) is 17.1 Å². The molecular weight excluding hydrogens is 156 g/mol. The van der Waals surface area contributed by atoms with E-state index in [1.54, 1.807) is 0 Å². The van der Waals surface area contributed by atoms with Crippen molar-refractivity contribution >= 4 is 12.8 Å². The number of rotatable bonds is 1. The van der Waals surface area contributed by atoms with E-state index in [-0.39, 0.29) is 18.6 Å². The lowest BCUT2D eigenvalue weighted by Crippen LogP contribution is -2.28. The molecular formula is C6H9BF3O-. The normalized spacial score (nSPS) is 27.2. The highest BCUT2D eigenvalue weighted by Gasteiger charge is 2.37. The number of Topliss-reactive ketones (excluding diaryl/α,β-unsaturated/α-hetero) is 1. The summed E-state index contributed by atoms with van der Waals surface area (Å²) in [4.78, 5) is 10.6. The lowest BCUT2D eigenvalue weighted by atomic mass is 9.65. The first-order valence-corrected chi connectivity index (χ1v) is 3.72. The maximum absolute atomic E-state index is 12.0. The maximum atomic E-state index is 12.0. The van der Waals surface area contributed by atoms with Crippen LogP contribution in [0.15, 0.2) is 0 Å². The number of carbonyl (C=O) groups is 1. The zero-order chi connectivity index (χ0) is 8.48. The Morgan fingerprint density at radius 3 is 2.36 bits per heavy atom. The standard InChI is InChI=1S/C6H9BF3O/c8-7(9,10)5-2-1-3-6(11)4-5/h5H,1-4H2/q-1/t5-/m1/s1. The average Bonchev–Trinajstić information content (AvgIpc) is 1.86. The SMILES string of the molecule is O=C1CCC[C@@H]([B-](F)(F)F)C1. The van der Waals surface area contributed by atoms with Crippen LogP contribution in [-0.4, -0.2) is 12.8 Å². The summed E-state index contributed by atoms with van der Waals surface area (Å²) in [5, 5.41) is 0. The highest BCUT2D eigenvalue weighted by atomic mass is 19.4. The van der Waals surface area contributed by atoms with Crippen molar-refractivity contribution in [1.82, 2.24) is 0 Å². The van der Waals surface area contributed by atoms with Gasteiger partial charge < -0.3 is 12.9 Å². The van der Waals surface area contributed by atoms with E-state index < -0.39 is 12.8 Å². The Labute approximate surface area is 63.0 Å². The Morgan fingerprint density at radius 2 is 2.00 bits per heavy atom. The van der Waals surface area contributed by atoms with Gasteiger partial charge in [-0.2, -0.15) is 0 Å². The molecule has 0 saturated heterocycles. The van der Waals surface area contributed by atoms with Crippen LogP contribution in [0.25, 0.3) is 0 Å². The molecule has 5 heteroatoms. The van der Waals surface area contributed by atoms with Crippen LogP contribution in [0.1, 0.15) is 25.7 Å². The van der Waals surface area contributed by atoms with Gasteiger partial charge in [-0.1, -0.05) is 12.2 Å². The quantitative estimate of drug-likeness (QED) is 0.545. The second-order valence-corrected chi connectivity index (χ2v) is 3.02. The zero-order valence-corrected chi connectivity index (χ0v) is 6.03. The molecule has 0 amide bonds. The van der Waals surface area contributed by atoms with Crippen LogP contribution in [0.4, 0.5) is 12.9 Å². The van der Waals surface area contributed by atoms with Gasteiger partial charge in [0.05, 0.1) is 0 Å². The van der Waals surface area contributed by atoms with Crippen molar-refractivity contribution in [1.29, 1.82) is 0 Å². The predicted octanol–water partition coefficient (Wildman–Crippen LogP) is 2.35. The van der Waals surface area contributed by atoms with E-state index >= 15 is 0 Å². The summed E-state index contributed by atoms with van der Waals surface area (Å²) in [7, 11) is 0. The minimum absolute atomic E-state index is 0.148. The molecule has 1 fully saturated rings. The van der Waals surface area contributed by atoms with E-state index in [1.807, 2.05) is 0 Å². The van der Waals surface area contributed by atoms with E-state index in [0.29, 0.717) is 12.8 Å². The third kappa shape index (κ3) is 2.24. The molecule has 1 saturated carbocycles. The van der Waals surface area contributed by atoms with Gasteiger partial charge >= 0.3 is 6.98 Å². The zero-order valence-electron chi connectivity index (χ0n) is 6.03. The molecule has 0 unspecified atom stereocenters. The summed E-state index contributed by atoms with van der Waals surface area (Å²) in [6.45, 7) is -4.78. The molecule has 1 nitrogen and oxygen atoms in total. The monoisotopic (exact) mass is 165 g/mol. The van der Waals surface area contributed by atoms with Gasteiger partial charge in [-0.25, -0.2) is 0 Å². The van der Waals surface area contributed by atoms with Gasteiger partial charge in [0.15, 0.2) is 0 Å². The molecule has 1 rings (SSSR count). The van der Waals surface area contributed by atoms with Crippen LogP contribution in [0.2, 0.25) is 5.82 Å². The maximum Gasteiger partial charge on any atom is 0.481 e. The molecule has 0 N–H and O–H groups in total. The van der Waals surface area contributed by atoms with Gasteiger partial charge in [-0.15, -0.1) is 0 Å². The third-order valence-corrected chi connectivity index (χ3v) is 2.05. The Balaban J connectivity index is 2.53. The Bertz CT molecular complexity index is 166. The minimum atomic E-state index is -4.78. The summed E-state index contributed by atoms with van der Waals surface area (Å²) in [6.07, 6.45) is 0.617. The van der Waals surface area contributed by atoms with Gasteiger partial charge in [-0.3, -0.25) is 4.79 Å². The fourth-order valence-electron chi connectivity index (χ4n) is 1.38. The van der Waals surface area contributed by atoms with E-state index in [2.05, 4.69) is 0 Å². The van der Waals surface area contributed by atoms with E-state index in [1.165, 1.54) is 0 Å². The van der Waals surface area contributed by atoms with Gasteiger partial charge in [0.25, 0.3) is 0 Å². The molecule has 0 aromatic carbocycles. The molecule has 0 radical (unpaired) electrons. The van der Waals surface area contributed by atoms with Crippen molar-refractivity contribution in [2.75, 3.05) is 0 Å². The van der Waals surface area contributed by atoms with Gasteiger partial charge in [-0.05, 0) is 12.8 Å². The lowest BCUT2D eigenvalue weighted by Gasteiger charge is -2.29. The molecule has 0 heterocycles. The molecule has 0 spiro atoms. The summed E-state index contributed by atoms with van der Waals surface area (Å²) in [5.74, 6) is -1.54. The number of hydrogen-bond donors (Lipinski definition) is 0. The van der Waals surface area contributed by atoms with Gasteiger partial charge in [0, 0.05) is 6.42 Å². The largest absolute Gasteiger partial charge is 0.481 e. The van der Waals surface area contributed by atoms with E-state index in [4.69, 9.17) is 0 Å². The fraction of sp³-hybridized carbons (Fsp3) is 0.833. The number of halogens is 3. The van der Waals surface area contributed by atoms with Gasteiger partial charge in [0.1, 0.15) is 5.78 Å². The summed E-state index contributed by atoms with van der Waals surface area (Å²) in [5.41, 5.74) is 0. The van der Waals surface area contributed by atoms with Crippen molar-refractivity contribution in [2.45, 2.75) is 31.5 Å². The summed E-state index contributed by atoms with van der Waals surface area (Å²) < 4.78 is 36.1. The van der Waals surface area contributed by atoms with Crippen molar-refractivity contribution in [3.8, 4) is 0 Å². The van der Waals surface area contributed by atoms with E-state index in [9.17, 15) is 17.7 Å². The van der Waals surface area contributed by atoms with Crippen molar-refractivity contribution in [2.24, 2.45) is 0 Å². The highest BCUT2D eigenvalue weighted by molar-refractivity contribution is 6.60. The van der Waals surface area contributed by atoms with Crippen LogP contribution in [0.3, 0.4) is 0 Å². The average molecular weight is 165 g/mol. The second-order valence-electron chi connectivity index (χ2n) is 3.02. The Hall–Kier alpha value is -0.475. The summed E-state index contributed by atoms with van der Waals surface area (Å²) >= 11 is 0. The molecule has 1 aliphatic carbocycles.